The van der Waals surface area contributed by atoms with Crippen molar-refractivity contribution in [2.45, 2.75) is 30.3 Å². The number of thioether (sulfide) groups is 1. The number of hydrogen-bond acceptors (Lipinski definition) is 5. The van der Waals surface area contributed by atoms with Crippen LogP contribution in [0.25, 0.3) is 11.4 Å². The molecule has 0 spiro atoms. The van der Waals surface area contributed by atoms with Crippen molar-refractivity contribution in [3.8, 4) is 11.4 Å². The largest absolute Gasteiger partial charge is 0.465 e. The summed E-state index contributed by atoms with van der Waals surface area (Å²) in [6, 6.07) is 9.94. The molecule has 2 heterocycles. The summed E-state index contributed by atoms with van der Waals surface area (Å²) in [5.41, 5.74) is 1.03. The number of benzene rings is 1. The number of carbonyl (C=O) groups is 1. The Labute approximate surface area is 121 Å². The van der Waals surface area contributed by atoms with E-state index in [1.165, 1.54) is 11.8 Å². The predicted molar refractivity (Wildman–Crippen MR) is 76.4 cm³/mol. The van der Waals surface area contributed by atoms with E-state index >= 15 is 0 Å². The number of aromatic nitrogens is 3. The first-order valence-electron chi connectivity index (χ1n) is 6.61. The molecule has 0 saturated carbocycles. The van der Waals surface area contributed by atoms with Crippen LogP contribution in [0.5, 0.6) is 0 Å². The molecular weight excluding hydrogens is 274 g/mol. The Kier molecular flexibility index (Phi) is 3.73. The summed E-state index contributed by atoms with van der Waals surface area (Å²) < 4.78 is 7.02. The third-order valence-electron chi connectivity index (χ3n) is 3.20. The van der Waals surface area contributed by atoms with Gasteiger partial charge in [0.15, 0.2) is 11.0 Å². The van der Waals surface area contributed by atoms with Gasteiger partial charge in [-0.15, -0.1) is 10.2 Å². The van der Waals surface area contributed by atoms with Crippen LogP contribution in [0.1, 0.15) is 13.3 Å². The average Bonchev–Trinajstić information content (AvgIpc) is 3.07. The monoisotopic (exact) mass is 289 g/mol. The van der Waals surface area contributed by atoms with Crippen LogP contribution in [0.4, 0.5) is 0 Å². The number of hydrogen-bond donors (Lipinski definition) is 0. The molecule has 3 rings (SSSR count). The molecule has 0 bridgehead atoms. The molecule has 1 saturated heterocycles. The van der Waals surface area contributed by atoms with Crippen molar-refractivity contribution in [1.82, 2.24) is 14.8 Å². The lowest BCUT2D eigenvalue weighted by molar-refractivity contribution is -0.137. The quantitative estimate of drug-likeness (QED) is 0.809. The van der Waals surface area contributed by atoms with Crippen molar-refractivity contribution in [2.24, 2.45) is 0 Å². The maximum atomic E-state index is 11.6. The van der Waals surface area contributed by atoms with Gasteiger partial charge in [-0.1, -0.05) is 42.1 Å². The van der Waals surface area contributed by atoms with Gasteiger partial charge in [-0.2, -0.15) is 0 Å². The highest BCUT2D eigenvalue weighted by Crippen LogP contribution is 2.30. The Morgan fingerprint density at radius 2 is 2.15 bits per heavy atom. The fraction of sp³-hybridized carbons (Fsp3) is 0.357. The molecule has 1 atom stereocenters. The second kappa shape index (κ2) is 5.66. The Morgan fingerprint density at radius 3 is 2.80 bits per heavy atom. The molecule has 0 unspecified atom stereocenters. The summed E-state index contributed by atoms with van der Waals surface area (Å²) in [6.07, 6.45) is 0.737. The van der Waals surface area contributed by atoms with Crippen molar-refractivity contribution in [3.05, 3.63) is 30.3 Å². The summed E-state index contributed by atoms with van der Waals surface area (Å²) in [7, 11) is 0. The maximum absolute atomic E-state index is 11.6. The number of esters is 1. The molecule has 1 aromatic carbocycles. The van der Waals surface area contributed by atoms with E-state index in [1.807, 2.05) is 41.8 Å². The summed E-state index contributed by atoms with van der Waals surface area (Å²) in [4.78, 5) is 11.6. The smallest absolute Gasteiger partial charge is 0.319 e. The minimum atomic E-state index is -0.159. The number of carbonyl (C=O) groups excluding carboxylic acids is 1. The van der Waals surface area contributed by atoms with E-state index < -0.39 is 0 Å². The van der Waals surface area contributed by atoms with Crippen LogP contribution in [-0.4, -0.2) is 32.6 Å². The zero-order chi connectivity index (χ0) is 13.9. The molecule has 0 N–H and O–H groups in total. The summed E-state index contributed by atoms with van der Waals surface area (Å²) in [5.74, 6) is 0.684. The molecule has 0 aliphatic carbocycles. The lowest BCUT2D eigenvalue weighted by Crippen LogP contribution is -2.11. The molecule has 5 nitrogen and oxygen atoms in total. The predicted octanol–water partition coefficient (Wildman–Crippen LogP) is 2.37. The van der Waals surface area contributed by atoms with E-state index in [-0.39, 0.29) is 11.2 Å². The van der Waals surface area contributed by atoms with Gasteiger partial charge in [0.2, 0.25) is 0 Å². The van der Waals surface area contributed by atoms with Gasteiger partial charge in [-0.3, -0.25) is 4.79 Å². The summed E-state index contributed by atoms with van der Waals surface area (Å²) in [6.45, 7) is 3.32. The first kappa shape index (κ1) is 13.2. The van der Waals surface area contributed by atoms with Gasteiger partial charge in [0.05, 0.1) is 6.61 Å². The zero-order valence-corrected chi connectivity index (χ0v) is 12.0. The Bertz CT molecular complexity index is 612. The summed E-state index contributed by atoms with van der Waals surface area (Å²) in [5, 5.41) is 9.11. The number of cyclic esters (lactones) is 1. The van der Waals surface area contributed by atoms with Gasteiger partial charge < -0.3 is 9.30 Å². The normalized spacial score (nSPS) is 18.2. The molecule has 0 amide bonds. The van der Waals surface area contributed by atoms with Crippen LogP contribution in [0.15, 0.2) is 35.5 Å². The van der Waals surface area contributed by atoms with Crippen LogP contribution in [-0.2, 0) is 16.1 Å². The van der Waals surface area contributed by atoms with Crippen molar-refractivity contribution in [1.29, 1.82) is 0 Å². The van der Waals surface area contributed by atoms with Crippen molar-refractivity contribution in [3.63, 3.8) is 0 Å². The van der Waals surface area contributed by atoms with Gasteiger partial charge in [0.25, 0.3) is 0 Å². The minimum Gasteiger partial charge on any atom is -0.465 e. The summed E-state index contributed by atoms with van der Waals surface area (Å²) >= 11 is 1.44. The number of ether oxygens (including phenoxy) is 1. The van der Waals surface area contributed by atoms with Crippen LogP contribution in [0, 0.1) is 0 Å². The molecule has 1 aliphatic heterocycles. The topological polar surface area (TPSA) is 57.0 Å². The minimum absolute atomic E-state index is 0.151. The molecule has 1 fully saturated rings. The lowest BCUT2D eigenvalue weighted by atomic mass is 10.2. The second-order valence-corrected chi connectivity index (χ2v) is 5.65. The molecule has 20 heavy (non-hydrogen) atoms. The first-order valence-corrected chi connectivity index (χ1v) is 7.49. The number of rotatable bonds is 4. The first-order chi connectivity index (χ1) is 9.79. The molecule has 104 valence electrons. The van der Waals surface area contributed by atoms with Crippen LogP contribution < -0.4 is 0 Å². The fourth-order valence-electron chi connectivity index (χ4n) is 2.17. The van der Waals surface area contributed by atoms with Crippen molar-refractivity contribution >= 4 is 17.7 Å². The van der Waals surface area contributed by atoms with E-state index in [0.717, 1.165) is 29.5 Å². The highest BCUT2D eigenvalue weighted by molar-refractivity contribution is 8.00. The van der Waals surface area contributed by atoms with E-state index in [0.29, 0.717) is 6.61 Å². The molecule has 1 aliphatic rings. The van der Waals surface area contributed by atoms with E-state index in [2.05, 4.69) is 10.2 Å². The highest BCUT2D eigenvalue weighted by atomic mass is 32.2. The van der Waals surface area contributed by atoms with Gasteiger partial charge in [0.1, 0.15) is 5.25 Å². The van der Waals surface area contributed by atoms with Gasteiger partial charge in [0, 0.05) is 18.5 Å². The van der Waals surface area contributed by atoms with Crippen molar-refractivity contribution in [2.75, 3.05) is 6.61 Å². The van der Waals surface area contributed by atoms with Crippen LogP contribution in [0.2, 0.25) is 0 Å². The van der Waals surface area contributed by atoms with Crippen LogP contribution >= 0.6 is 11.8 Å². The second-order valence-electron chi connectivity index (χ2n) is 4.48. The van der Waals surface area contributed by atoms with Gasteiger partial charge >= 0.3 is 5.97 Å². The fourth-order valence-corrected chi connectivity index (χ4v) is 3.24. The van der Waals surface area contributed by atoms with Crippen molar-refractivity contribution < 1.29 is 9.53 Å². The standard InChI is InChI=1S/C14H15N3O2S/c1-2-17-12(10-6-4-3-5-7-10)15-16-14(17)20-11-8-9-19-13(11)18/h3-7,11H,2,8-9H2,1H3/t11-/m1/s1. The van der Waals surface area contributed by atoms with E-state index in [1.54, 1.807) is 0 Å². The SMILES string of the molecule is CCn1c(S[C@@H]2CCOC2=O)nnc1-c1ccccc1. The third-order valence-corrected chi connectivity index (χ3v) is 4.43. The average molecular weight is 289 g/mol. The van der Waals surface area contributed by atoms with Gasteiger partial charge in [-0.05, 0) is 6.92 Å². The molecule has 0 radical (unpaired) electrons. The third kappa shape index (κ3) is 2.43. The molecular formula is C14H15N3O2S. The Morgan fingerprint density at radius 1 is 1.35 bits per heavy atom. The van der Waals surface area contributed by atoms with E-state index in [4.69, 9.17) is 4.74 Å². The Balaban J connectivity index is 1.89. The highest BCUT2D eigenvalue weighted by Gasteiger charge is 2.29. The van der Waals surface area contributed by atoms with Crippen LogP contribution in [0.3, 0.4) is 0 Å². The molecule has 6 heteroatoms. The van der Waals surface area contributed by atoms with Gasteiger partial charge in [-0.25, -0.2) is 0 Å². The Hall–Kier alpha value is -1.82. The zero-order valence-electron chi connectivity index (χ0n) is 11.2. The maximum Gasteiger partial charge on any atom is 0.319 e. The number of nitrogens with zero attached hydrogens (tertiary/aromatic N) is 3. The molecule has 2 aromatic rings. The molecule has 1 aromatic heterocycles. The van der Waals surface area contributed by atoms with E-state index in [9.17, 15) is 4.79 Å². The lowest BCUT2D eigenvalue weighted by Gasteiger charge is -2.08.